The molecule has 0 radical (unpaired) electrons. The van der Waals surface area contributed by atoms with Crippen LogP contribution in [0.25, 0.3) is 0 Å². The molecule has 2 aliphatic heterocycles. The smallest absolute Gasteiger partial charge is 0.244 e. The van der Waals surface area contributed by atoms with Crippen molar-refractivity contribution >= 4 is 17.3 Å². The van der Waals surface area contributed by atoms with Crippen LogP contribution < -0.4 is 10.2 Å². The van der Waals surface area contributed by atoms with E-state index in [0.29, 0.717) is 24.5 Å². The van der Waals surface area contributed by atoms with Crippen LogP contribution in [0.15, 0.2) is 18.2 Å². The molecule has 3 atom stereocenters. The summed E-state index contributed by atoms with van der Waals surface area (Å²) in [6.07, 6.45) is 2.30. The van der Waals surface area contributed by atoms with E-state index < -0.39 is 0 Å². The van der Waals surface area contributed by atoms with Crippen molar-refractivity contribution in [2.45, 2.75) is 51.9 Å². The molecule has 0 aliphatic carbocycles. The Balaban J connectivity index is 1.66. The van der Waals surface area contributed by atoms with E-state index in [1.165, 1.54) is 6.07 Å². The van der Waals surface area contributed by atoms with Crippen LogP contribution >= 0.6 is 0 Å². The maximum absolute atomic E-state index is 14.6. The van der Waals surface area contributed by atoms with Gasteiger partial charge in [0.15, 0.2) is 0 Å². The second-order valence-electron chi connectivity index (χ2n) is 7.23. The first-order valence-corrected chi connectivity index (χ1v) is 9.19. The van der Waals surface area contributed by atoms with Crippen LogP contribution in [-0.4, -0.2) is 55.2 Å². The molecule has 0 unspecified atom stereocenters. The standard InChI is InChI=1S/C19H28FN3O2/c1-13-11-23(12-14(2)25-13)18-7-6-16(10-17(18)20)21-15(3)19(24)22-8-4-5-9-22/h6-7,10,13-15,21H,4-5,8-9,11-12H2,1-3H3/t13-,14-,15-/m1/s1. The van der Waals surface area contributed by atoms with Gasteiger partial charge in [0.25, 0.3) is 0 Å². The second kappa shape index (κ2) is 7.60. The Morgan fingerprint density at radius 2 is 1.88 bits per heavy atom. The third-order valence-electron chi connectivity index (χ3n) is 4.88. The molecule has 3 rings (SSSR count). The first-order valence-electron chi connectivity index (χ1n) is 9.19. The predicted octanol–water partition coefficient (Wildman–Crippen LogP) is 2.86. The highest BCUT2D eigenvalue weighted by Crippen LogP contribution is 2.26. The van der Waals surface area contributed by atoms with E-state index in [1.807, 2.05) is 36.6 Å². The lowest BCUT2D eigenvalue weighted by Crippen LogP contribution is -2.45. The average Bonchev–Trinajstić information content (AvgIpc) is 3.07. The van der Waals surface area contributed by atoms with Crippen LogP contribution in [-0.2, 0) is 9.53 Å². The number of hydrogen-bond donors (Lipinski definition) is 1. The van der Waals surface area contributed by atoms with Crippen molar-refractivity contribution in [3.05, 3.63) is 24.0 Å². The van der Waals surface area contributed by atoms with E-state index in [-0.39, 0.29) is 30.0 Å². The quantitative estimate of drug-likeness (QED) is 0.908. The fraction of sp³-hybridized carbons (Fsp3) is 0.632. The lowest BCUT2D eigenvalue weighted by Gasteiger charge is -2.37. The van der Waals surface area contributed by atoms with Crippen LogP contribution in [0.1, 0.15) is 33.6 Å². The summed E-state index contributed by atoms with van der Waals surface area (Å²) >= 11 is 0. The molecule has 1 aromatic carbocycles. The van der Waals surface area contributed by atoms with Crippen molar-refractivity contribution in [2.75, 3.05) is 36.4 Å². The molecule has 1 aromatic rings. The molecule has 2 fully saturated rings. The van der Waals surface area contributed by atoms with E-state index in [4.69, 9.17) is 4.74 Å². The molecule has 2 aliphatic rings. The summed E-state index contributed by atoms with van der Waals surface area (Å²) in [6, 6.07) is 4.76. The number of hydrogen-bond acceptors (Lipinski definition) is 4. The number of ether oxygens (including phenoxy) is 1. The number of likely N-dealkylation sites (tertiary alicyclic amines) is 1. The molecule has 0 spiro atoms. The molecule has 5 nitrogen and oxygen atoms in total. The first-order chi connectivity index (χ1) is 11.9. The van der Waals surface area contributed by atoms with E-state index in [1.54, 1.807) is 6.07 Å². The number of benzene rings is 1. The number of anilines is 2. The summed E-state index contributed by atoms with van der Waals surface area (Å²) in [6.45, 7) is 8.84. The van der Waals surface area contributed by atoms with Gasteiger partial charge in [-0.15, -0.1) is 0 Å². The predicted molar refractivity (Wildman–Crippen MR) is 97.5 cm³/mol. The molecule has 6 heteroatoms. The fourth-order valence-electron chi connectivity index (χ4n) is 3.75. The maximum atomic E-state index is 14.6. The summed E-state index contributed by atoms with van der Waals surface area (Å²) in [7, 11) is 0. The maximum Gasteiger partial charge on any atom is 0.244 e. The second-order valence-corrected chi connectivity index (χ2v) is 7.23. The molecule has 0 saturated carbocycles. The third-order valence-corrected chi connectivity index (χ3v) is 4.88. The number of halogens is 1. The van der Waals surface area contributed by atoms with Crippen molar-refractivity contribution in [3.63, 3.8) is 0 Å². The van der Waals surface area contributed by atoms with Crippen LogP contribution in [0.5, 0.6) is 0 Å². The number of carbonyl (C=O) groups is 1. The molecular formula is C19H28FN3O2. The van der Waals surface area contributed by atoms with Gasteiger partial charge in [-0.2, -0.15) is 0 Å². The Bertz CT molecular complexity index is 609. The van der Waals surface area contributed by atoms with Crippen molar-refractivity contribution in [1.29, 1.82) is 0 Å². The van der Waals surface area contributed by atoms with Crippen LogP contribution in [0.4, 0.5) is 15.8 Å². The molecule has 1 amide bonds. The van der Waals surface area contributed by atoms with Crippen LogP contribution in [0.2, 0.25) is 0 Å². The van der Waals surface area contributed by atoms with Gasteiger partial charge in [-0.05, 0) is 51.8 Å². The SMILES string of the molecule is C[C@@H]1CN(c2ccc(N[C@H](C)C(=O)N3CCCC3)cc2F)C[C@@H](C)O1. The minimum Gasteiger partial charge on any atom is -0.374 e. The van der Waals surface area contributed by atoms with E-state index in [2.05, 4.69) is 5.32 Å². The summed E-state index contributed by atoms with van der Waals surface area (Å²) in [5, 5.41) is 3.13. The van der Waals surface area contributed by atoms with Gasteiger partial charge in [-0.1, -0.05) is 0 Å². The number of carbonyl (C=O) groups excluding carboxylic acids is 1. The Labute approximate surface area is 149 Å². The zero-order chi connectivity index (χ0) is 18.0. The van der Waals surface area contributed by atoms with Gasteiger partial charge in [0.2, 0.25) is 5.91 Å². The minimum atomic E-state index is -0.355. The van der Waals surface area contributed by atoms with Gasteiger partial charge >= 0.3 is 0 Å². The molecule has 1 N–H and O–H groups in total. The van der Waals surface area contributed by atoms with Crippen molar-refractivity contribution in [1.82, 2.24) is 4.90 Å². The summed E-state index contributed by atoms with van der Waals surface area (Å²) < 4.78 is 20.3. The number of nitrogens with one attached hydrogen (secondary N) is 1. The molecule has 138 valence electrons. The molecule has 25 heavy (non-hydrogen) atoms. The molecule has 2 heterocycles. The topological polar surface area (TPSA) is 44.8 Å². The number of nitrogens with zero attached hydrogens (tertiary/aromatic N) is 2. The van der Waals surface area contributed by atoms with Gasteiger partial charge in [-0.3, -0.25) is 4.79 Å². The largest absolute Gasteiger partial charge is 0.374 e. The summed E-state index contributed by atoms with van der Waals surface area (Å²) in [4.78, 5) is 16.3. The zero-order valence-corrected chi connectivity index (χ0v) is 15.3. The number of rotatable bonds is 4. The highest BCUT2D eigenvalue weighted by molar-refractivity contribution is 5.84. The molecule has 0 bridgehead atoms. The molecular weight excluding hydrogens is 321 g/mol. The lowest BCUT2D eigenvalue weighted by atomic mass is 10.1. The minimum absolute atomic E-state index is 0.0813. The van der Waals surface area contributed by atoms with Crippen molar-refractivity contribution in [2.24, 2.45) is 0 Å². The molecule has 2 saturated heterocycles. The Kier molecular flexibility index (Phi) is 5.47. The normalized spacial score (nSPS) is 25.1. The lowest BCUT2D eigenvalue weighted by molar-refractivity contribution is -0.130. The number of amides is 1. The van der Waals surface area contributed by atoms with Gasteiger partial charge in [0.1, 0.15) is 11.9 Å². The Morgan fingerprint density at radius 3 is 2.48 bits per heavy atom. The fourth-order valence-corrected chi connectivity index (χ4v) is 3.75. The summed E-state index contributed by atoms with van der Waals surface area (Å²) in [5.74, 6) is -0.190. The first kappa shape index (κ1) is 18.0. The van der Waals surface area contributed by atoms with Gasteiger partial charge in [0, 0.05) is 31.9 Å². The van der Waals surface area contributed by atoms with E-state index in [9.17, 15) is 9.18 Å². The highest BCUT2D eigenvalue weighted by Gasteiger charge is 2.25. The van der Waals surface area contributed by atoms with Crippen molar-refractivity contribution < 1.29 is 13.9 Å². The van der Waals surface area contributed by atoms with Crippen LogP contribution in [0, 0.1) is 5.82 Å². The molecule has 0 aromatic heterocycles. The average molecular weight is 349 g/mol. The third kappa shape index (κ3) is 4.24. The van der Waals surface area contributed by atoms with Crippen LogP contribution in [0.3, 0.4) is 0 Å². The van der Waals surface area contributed by atoms with E-state index in [0.717, 1.165) is 25.9 Å². The number of morpholine rings is 1. The van der Waals surface area contributed by atoms with Crippen molar-refractivity contribution in [3.8, 4) is 0 Å². The Morgan fingerprint density at radius 1 is 1.24 bits per heavy atom. The van der Waals surface area contributed by atoms with Gasteiger partial charge < -0.3 is 19.9 Å². The highest BCUT2D eigenvalue weighted by atomic mass is 19.1. The van der Waals surface area contributed by atoms with E-state index >= 15 is 0 Å². The summed E-state index contributed by atoms with van der Waals surface area (Å²) in [5.41, 5.74) is 1.22. The van der Waals surface area contributed by atoms with Gasteiger partial charge in [0.05, 0.1) is 17.9 Å². The monoisotopic (exact) mass is 349 g/mol. The zero-order valence-electron chi connectivity index (χ0n) is 15.3. The Hall–Kier alpha value is -1.82. The van der Waals surface area contributed by atoms with Gasteiger partial charge in [-0.25, -0.2) is 4.39 Å².